The zero-order chi connectivity index (χ0) is 21.8. The van der Waals surface area contributed by atoms with Gasteiger partial charge in [-0.3, -0.25) is 4.79 Å². The van der Waals surface area contributed by atoms with Gasteiger partial charge in [0.1, 0.15) is 5.75 Å². The van der Waals surface area contributed by atoms with E-state index >= 15 is 0 Å². The summed E-state index contributed by atoms with van der Waals surface area (Å²) in [6.07, 6.45) is 1.57. The van der Waals surface area contributed by atoms with Crippen LogP contribution in [0.15, 0.2) is 47.6 Å². The third kappa shape index (κ3) is 5.49. The molecule has 0 aliphatic heterocycles. The van der Waals surface area contributed by atoms with Crippen LogP contribution < -0.4 is 10.2 Å². The number of amides is 1. The highest BCUT2D eigenvalue weighted by atomic mass is 35.5. The summed E-state index contributed by atoms with van der Waals surface area (Å²) in [5.41, 5.74) is 6.01. The molecule has 9 heteroatoms. The fourth-order valence-corrected chi connectivity index (χ4v) is 3.90. The molecule has 5 nitrogen and oxygen atoms in total. The molecule has 1 amide bonds. The Morgan fingerprint density at radius 2 is 1.73 bits per heavy atom. The van der Waals surface area contributed by atoms with Crippen molar-refractivity contribution in [1.29, 1.82) is 0 Å². The predicted molar refractivity (Wildman–Crippen MR) is 123 cm³/mol. The van der Waals surface area contributed by atoms with Crippen LogP contribution in [0.1, 0.15) is 17.0 Å². The first-order valence-electron chi connectivity index (χ1n) is 8.80. The topological polar surface area (TPSA) is 55.6 Å². The van der Waals surface area contributed by atoms with Crippen molar-refractivity contribution in [1.82, 2.24) is 9.99 Å². The summed E-state index contributed by atoms with van der Waals surface area (Å²) >= 11 is 24.1. The lowest BCUT2D eigenvalue weighted by Gasteiger charge is -2.10. The van der Waals surface area contributed by atoms with Crippen molar-refractivity contribution < 1.29 is 9.53 Å². The molecule has 1 aromatic heterocycles. The van der Waals surface area contributed by atoms with Crippen LogP contribution in [0.4, 0.5) is 0 Å². The minimum Gasteiger partial charge on any atom is -0.482 e. The third-order valence-electron chi connectivity index (χ3n) is 4.22. The number of hydrogen-bond acceptors (Lipinski definition) is 3. The predicted octanol–water partition coefficient (Wildman–Crippen LogP) is 6.24. The number of aromatic nitrogens is 1. The molecule has 3 rings (SSSR count). The minimum atomic E-state index is -0.423. The molecule has 3 aromatic rings. The van der Waals surface area contributed by atoms with Crippen LogP contribution in [0.2, 0.25) is 20.1 Å². The normalized spacial score (nSPS) is 11.1. The average Bonchev–Trinajstić information content (AvgIpc) is 2.93. The SMILES string of the molecule is Cc1cc(/C=N/NC(=O)COc2ccc(Cl)cc2Cl)c(C)n1-c1cc(Cl)cc(Cl)c1. The number of ether oxygens (including phenoxy) is 1. The van der Waals surface area contributed by atoms with Gasteiger partial charge in [-0.15, -0.1) is 0 Å². The lowest BCUT2D eigenvalue weighted by molar-refractivity contribution is -0.123. The monoisotopic (exact) mass is 483 g/mol. The van der Waals surface area contributed by atoms with Crippen molar-refractivity contribution in [3.63, 3.8) is 0 Å². The molecule has 156 valence electrons. The lowest BCUT2D eigenvalue weighted by atomic mass is 10.2. The highest BCUT2D eigenvalue weighted by molar-refractivity contribution is 6.35. The number of halogens is 4. The van der Waals surface area contributed by atoms with Crippen molar-refractivity contribution >= 4 is 58.5 Å². The number of nitrogens with zero attached hydrogens (tertiary/aromatic N) is 2. The summed E-state index contributed by atoms with van der Waals surface area (Å²) in [5, 5.41) is 5.92. The molecular weight excluding hydrogens is 468 g/mol. The zero-order valence-electron chi connectivity index (χ0n) is 16.0. The first-order chi connectivity index (χ1) is 14.2. The van der Waals surface area contributed by atoms with Gasteiger partial charge in [-0.05, 0) is 56.3 Å². The van der Waals surface area contributed by atoms with Crippen LogP contribution in [0.5, 0.6) is 5.75 Å². The quantitative estimate of drug-likeness (QED) is 0.332. The standard InChI is InChI=1S/C21H17Cl4N3O2/c1-12-5-14(13(2)28(12)18-7-16(23)6-17(24)8-18)10-26-27-21(29)11-30-20-4-3-15(22)9-19(20)25/h3-10H,11H2,1-2H3,(H,27,29)/b26-10+. The van der Waals surface area contributed by atoms with Crippen molar-refractivity contribution in [3.05, 3.63) is 79.5 Å². The molecule has 0 bridgehead atoms. The second-order valence-electron chi connectivity index (χ2n) is 6.45. The van der Waals surface area contributed by atoms with E-state index in [4.69, 9.17) is 51.1 Å². The van der Waals surface area contributed by atoms with E-state index in [1.54, 1.807) is 24.4 Å². The smallest absolute Gasteiger partial charge is 0.277 e. The lowest BCUT2D eigenvalue weighted by Crippen LogP contribution is -2.24. The third-order valence-corrected chi connectivity index (χ3v) is 5.19. The minimum absolute atomic E-state index is 0.237. The van der Waals surface area contributed by atoms with E-state index in [1.165, 1.54) is 6.07 Å². The van der Waals surface area contributed by atoms with Crippen LogP contribution in [0.3, 0.4) is 0 Å². The Morgan fingerprint density at radius 3 is 2.40 bits per heavy atom. The van der Waals surface area contributed by atoms with E-state index < -0.39 is 5.91 Å². The van der Waals surface area contributed by atoms with Crippen LogP contribution in [0, 0.1) is 13.8 Å². The van der Waals surface area contributed by atoms with Gasteiger partial charge < -0.3 is 9.30 Å². The fraction of sp³-hybridized carbons (Fsp3) is 0.143. The van der Waals surface area contributed by atoms with Gasteiger partial charge in [0, 0.05) is 37.7 Å². The number of hydrazone groups is 1. The van der Waals surface area contributed by atoms with Gasteiger partial charge in [0.05, 0.1) is 11.2 Å². The van der Waals surface area contributed by atoms with Gasteiger partial charge in [-0.25, -0.2) is 5.43 Å². The van der Waals surface area contributed by atoms with Crippen molar-refractivity contribution in [2.24, 2.45) is 5.10 Å². The highest BCUT2D eigenvalue weighted by Gasteiger charge is 2.11. The molecule has 0 saturated heterocycles. The Hall–Kier alpha value is -2.18. The summed E-state index contributed by atoms with van der Waals surface area (Å²) < 4.78 is 7.38. The van der Waals surface area contributed by atoms with Gasteiger partial charge in [-0.2, -0.15) is 5.10 Å². The molecule has 0 aliphatic carbocycles. The van der Waals surface area contributed by atoms with Crippen molar-refractivity contribution in [3.8, 4) is 11.4 Å². The molecular formula is C21H17Cl4N3O2. The van der Waals surface area contributed by atoms with Crippen LogP contribution in [0.25, 0.3) is 5.69 Å². The van der Waals surface area contributed by atoms with Crippen LogP contribution >= 0.6 is 46.4 Å². The Labute approximate surface area is 194 Å². The molecule has 0 atom stereocenters. The number of carbonyl (C=O) groups excluding carboxylic acids is 1. The van der Waals surface area contributed by atoms with Gasteiger partial charge in [0.2, 0.25) is 0 Å². The molecule has 0 saturated carbocycles. The first kappa shape index (κ1) is 22.5. The number of benzene rings is 2. The Balaban J connectivity index is 1.65. The van der Waals surface area contributed by atoms with E-state index in [0.29, 0.717) is 25.8 Å². The Morgan fingerprint density at radius 1 is 1.03 bits per heavy atom. The van der Waals surface area contributed by atoms with E-state index in [-0.39, 0.29) is 6.61 Å². The maximum absolute atomic E-state index is 12.0. The fourth-order valence-electron chi connectivity index (χ4n) is 2.93. The van der Waals surface area contributed by atoms with Gasteiger partial charge in [-0.1, -0.05) is 46.4 Å². The highest BCUT2D eigenvalue weighted by Crippen LogP contribution is 2.28. The summed E-state index contributed by atoms with van der Waals surface area (Å²) in [5.74, 6) is -0.0587. The van der Waals surface area contributed by atoms with E-state index in [2.05, 4.69) is 10.5 Å². The van der Waals surface area contributed by atoms with Gasteiger partial charge in [0.15, 0.2) is 6.61 Å². The van der Waals surface area contributed by atoms with E-state index in [0.717, 1.165) is 22.6 Å². The molecule has 1 heterocycles. The Bertz CT molecular complexity index is 1110. The summed E-state index contributed by atoms with van der Waals surface area (Å²) in [6.45, 7) is 3.66. The molecule has 0 fully saturated rings. The molecule has 0 aliphatic rings. The number of hydrogen-bond donors (Lipinski definition) is 1. The van der Waals surface area contributed by atoms with E-state index in [9.17, 15) is 4.79 Å². The average molecular weight is 485 g/mol. The second kappa shape index (κ2) is 9.75. The summed E-state index contributed by atoms with van der Waals surface area (Å²) in [7, 11) is 0. The largest absolute Gasteiger partial charge is 0.482 e. The van der Waals surface area contributed by atoms with Gasteiger partial charge >= 0.3 is 0 Å². The van der Waals surface area contributed by atoms with Crippen LogP contribution in [-0.2, 0) is 4.79 Å². The second-order valence-corrected chi connectivity index (χ2v) is 8.16. The molecule has 2 aromatic carbocycles. The summed E-state index contributed by atoms with van der Waals surface area (Å²) in [6, 6.07) is 12.0. The van der Waals surface area contributed by atoms with E-state index in [1.807, 2.05) is 36.6 Å². The maximum Gasteiger partial charge on any atom is 0.277 e. The maximum atomic E-state index is 12.0. The number of aryl methyl sites for hydroxylation is 1. The Kier molecular flexibility index (Phi) is 7.32. The molecule has 0 spiro atoms. The molecule has 30 heavy (non-hydrogen) atoms. The van der Waals surface area contributed by atoms with Gasteiger partial charge in [0.25, 0.3) is 5.91 Å². The van der Waals surface area contributed by atoms with Crippen molar-refractivity contribution in [2.45, 2.75) is 13.8 Å². The molecule has 0 unspecified atom stereocenters. The number of nitrogens with one attached hydrogen (secondary N) is 1. The summed E-state index contributed by atoms with van der Waals surface area (Å²) in [4.78, 5) is 12.0. The van der Waals surface area contributed by atoms with Crippen LogP contribution in [-0.4, -0.2) is 23.3 Å². The molecule has 0 radical (unpaired) electrons. The zero-order valence-corrected chi connectivity index (χ0v) is 19.1. The molecule has 1 N–H and O–H groups in total. The first-order valence-corrected chi connectivity index (χ1v) is 10.3. The van der Waals surface area contributed by atoms with Crippen molar-refractivity contribution in [2.75, 3.05) is 6.61 Å². The number of rotatable bonds is 6. The number of carbonyl (C=O) groups is 1.